The summed E-state index contributed by atoms with van der Waals surface area (Å²) in [6, 6.07) is 4.06. The quantitative estimate of drug-likeness (QED) is 0.377. The van der Waals surface area contributed by atoms with Crippen molar-refractivity contribution >= 4 is 23.2 Å². The van der Waals surface area contributed by atoms with Gasteiger partial charge in [-0.15, -0.1) is 11.3 Å². The molecule has 0 aliphatic carbocycles. The molecule has 2 fully saturated rings. The number of amides is 2. The number of rotatable bonds is 8. The van der Waals surface area contributed by atoms with Gasteiger partial charge in [0, 0.05) is 35.6 Å². The van der Waals surface area contributed by atoms with Gasteiger partial charge in [-0.2, -0.15) is 23.3 Å². The van der Waals surface area contributed by atoms with Crippen LogP contribution in [-0.4, -0.2) is 55.7 Å². The molecule has 1 aromatic carbocycles. The smallest absolute Gasteiger partial charge is 0.370 e. The van der Waals surface area contributed by atoms with Crippen LogP contribution >= 0.6 is 11.3 Å². The molecule has 0 spiro atoms. The van der Waals surface area contributed by atoms with Crippen LogP contribution in [0.1, 0.15) is 65.3 Å². The number of carbonyl (C=O) groups is 2. The van der Waals surface area contributed by atoms with E-state index in [1.165, 1.54) is 41.5 Å². The van der Waals surface area contributed by atoms with Crippen molar-refractivity contribution in [2.24, 2.45) is 5.73 Å². The molecule has 42 heavy (non-hydrogen) atoms. The number of hydrogen-bond acceptors (Lipinski definition) is 7. The Morgan fingerprint density at radius 2 is 1.86 bits per heavy atom. The minimum Gasteiger partial charge on any atom is -0.370 e. The van der Waals surface area contributed by atoms with Crippen LogP contribution in [0, 0.1) is 18.6 Å². The Balaban J connectivity index is 1.23. The number of aryl methyl sites for hydroxylation is 1. The van der Waals surface area contributed by atoms with Gasteiger partial charge in [0.05, 0.1) is 35.8 Å². The first-order chi connectivity index (χ1) is 19.9. The van der Waals surface area contributed by atoms with Crippen LogP contribution in [0.4, 0.5) is 22.0 Å². The first-order valence-corrected chi connectivity index (χ1v) is 14.3. The van der Waals surface area contributed by atoms with E-state index in [0.717, 1.165) is 15.8 Å². The number of carbonyl (C=O) groups excluding carboxylic acids is 2. The summed E-state index contributed by atoms with van der Waals surface area (Å²) in [6.07, 6.45) is -3.61. The van der Waals surface area contributed by atoms with E-state index in [1.54, 1.807) is 4.90 Å². The molecule has 0 radical (unpaired) electrons. The van der Waals surface area contributed by atoms with Crippen molar-refractivity contribution < 1.29 is 36.4 Å². The first-order valence-electron chi connectivity index (χ1n) is 13.4. The molecule has 0 bridgehead atoms. The maximum absolute atomic E-state index is 14.4. The number of nitrogens with zero attached hydrogens (tertiary/aromatic N) is 5. The maximum Gasteiger partial charge on any atom is 0.435 e. The molecule has 2 saturated heterocycles. The highest BCUT2D eigenvalue weighted by Gasteiger charge is 2.38. The van der Waals surface area contributed by atoms with E-state index < -0.39 is 41.6 Å². The lowest BCUT2D eigenvalue weighted by atomic mass is 9.97. The van der Waals surface area contributed by atoms with Crippen LogP contribution in [0.2, 0.25) is 0 Å². The molecule has 0 saturated carbocycles. The van der Waals surface area contributed by atoms with Gasteiger partial charge in [-0.25, -0.2) is 13.8 Å². The van der Waals surface area contributed by atoms with Gasteiger partial charge in [0.2, 0.25) is 11.8 Å². The molecular weight excluding hydrogens is 583 g/mol. The molecule has 9 nitrogen and oxygen atoms in total. The minimum atomic E-state index is -4.58. The number of alkyl halides is 3. The van der Waals surface area contributed by atoms with E-state index in [9.17, 15) is 31.5 Å². The SMILES string of the molecule is Cc1cc(C(F)(F)F)nn1CC(=O)N1CCC(c2nc(C3CC(CC(N)=O)ON3Cc3c(F)cccc3F)cs2)CC1. The largest absolute Gasteiger partial charge is 0.435 e. The van der Waals surface area contributed by atoms with Crippen LogP contribution in [0.15, 0.2) is 29.6 Å². The van der Waals surface area contributed by atoms with Gasteiger partial charge in [-0.3, -0.25) is 19.1 Å². The number of primary amides is 1. The lowest BCUT2D eigenvalue weighted by Crippen LogP contribution is -2.40. The van der Waals surface area contributed by atoms with E-state index in [2.05, 4.69) is 5.10 Å². The highest BCUT2D eigenvalue weighted by molar-refractivity contribution is 7.09. The average molecular weight is 613 g/mol. The molecule has 2 unspecified atom stereocenters. The second-order valence-corrected chi connectivity index (χ2v) is 11.4. The number of thiazole rings is 1. The van der Waals surface area contributed by atoms with E-state index >= 15 is 0 Å². The van der Waals surface area contributed by atoms with Crippen molar-refractivity contribution in [1.29, 1.82) is 0 Å². The molecule has 2 aliphatic rings. The molecule has 2 atom stereocenters. The molecule has 2 amide bonds. The Morgan fingerprint density at radius 3 is 2.48 bits per heavy atom. The molecule has 15 heteroatoms. The number of likely N-dealkylation sites (tertiary alicyclic amines) is 1. The van der Waals surface area contributed by atoms with Gasteiger partial charge in [0.15, 0.2) is 5.69 Å². The van der Waals surface area contributed by atoms with Gasteiger partial charge in [0.1, 0.15) is 18.2 Å². The molecule has 2 aromatic heterocycles. The molecular formula is C27H29F5N6O3S. The van der Waals surface area contributed by atoms with Gasteiger partial charge in [-0.1, -0.05) is 6.07 Å². The van der Waals surface area contributed by atoms with Crippen molar-refractivity contribution in [1.82, 2.24) is 24.7 Å². The number of hydrogen-bond donors (Lipinski definition) is 1. The summed E-state index contributed by atoms with van der Waals surface area (Å²) in [5.41, 5.74) is 5.07. The predicted octanol–water partition coefficient (Wildman–Crippen LogP) is 4.47. The zero-order valence-electron chi connectivity index (χ0n) is 22.6. The van der Waals surface area contributed by atoms with E-state index in [0.29, 0.717) is 38.0 Å². The third-order valence-corrected chi connectivity index (χ3v) is 8.58. The van der Waals surface area contributed by atoms with Crippen molar-refractivity contribution in [2.45, 2.75) is 69.9 Å². The standard InChI is InChI=1S/C27H29F5N6O3S/c1-15-9-23(27(30,31)32)35-37(15)13-25(40)36-7-5-16(6-8-36)26-34-21(14-42-26)22-10-17(11-24(33)39)41-38(22)12-18-19(28)3-2-4-20(18)29/h2-4,9,14,16-17,22H,5-8,10-13H2,1H3,(H2,33,39). The molecule has 5 rings (SSSR count). The van der Waals surface area contributed by atoms with Gasteiger partial charge in [0.25, 0.3) is 0 Å². The van der Waals surface area contributed by atoms with Crippen molar-refractivity contribution in [3.05, 3.63) is 68.9 Å². The van der Waals surface area contributed by atoms with Crippen LogP contribution in [0.25, 0.3) is 0 Å². The van der Waals surface area contributed by atoms with Crippen LogP contribution in [0.5, 0.6) is 0 Å². The Bertz CT molecular complexity index is 1430. The second-order valence-electron chi connectivity index (χ2n) is 10.5. The highest BCUT2D eigenvalue weighted by atomic mass is 32.1. The summed E-state index contributed by atoms with van der Waals surface area (Å²) in [5.74, 6) is -2.23. The molecule has 2 N–H and O–H groups in total. The summed E-state index contributed by atoms with van der Waals surface area (Å²) in [7, 11) is 0. The fraction of sp³-hybridized carbons (Fsp3) is 0.481. The topological polar surface area (TPSA) is 107 Å². The second kappa shape index (κ2) is 12.1. The summed E-state index contributed by atoms with van der Waals surface area (Å²) < 4.78 is 68.7. The third-order valence-electron chi connectivity index (χ3n) is 7.56. The number of nitrogens with two attached hydrogens (primary N) is 1. The van der Waals surface area contributed by atoms with Crippen molar-refractivity contribution in [2.75, 3.05) is 13.1 Å². The summed E-state index contributed by atoms with van der Waals surface area (Å²) in [5, 5.41) is 7.67. The Labute approximate surface area is 242 Å². The lowest BCUT2D eigenvalue weighted by Gasteiger charge is -2.31. The molecule has 4 heterocycles. The number of halogens is 5. The van der Waals surface area contributed by atoms with E-state index in [1.807, 2.05) is 5.38 Å². The number of hydroxylamine groups is 2. The van der Waals surface area contributed by atoms with Gasteiger partial charge < -0.3 is 10.6 Å². The predicted molar refractivity (Wildman–Crippen MR) is 141 cm³/mol. The molecule has 3 aromatic rings. The maximum atomic E-state index is 14.4. The Hall–Kier alpha value is -3.43. The van der Waals surface area contributed by atoms with Crippen LogP contribution in [-0.2, 0) is 33.7 Å². The zero-order valence-corrected chi connectivity index (χ0v) is 23.4. The number of aromatic nitrogens is 3. The Kier molecular flexibility index (Phi) is 8.62. The average Bonchev–Trinajstić information content (AvgIpc) is 3.65. The van der Waals surface area contributed by atoms with Crippen molar-refractivity contribution in [3.63, 3.8) is 0 Å². The number of benzene rings is 1. The van der Waals surface area contributed by atoms with Crippen LogP contribution in [0.3, 0.4) is 0 Å². The monoisotopic (exact) mass is 612 g/mol. The summed E-state index contributed by atoms with van der Waals surface area (Å²) >= 11 is 1.43. The summed E-state index contributed by atoms with van der Waals surface area (Å²) in [4.78, 5) is 36.6. The number of piperidine rings is 1. The van der Waals surface area contributed by atoms with Crippen molar-refractivity contribution in [3.8, 4) is 0 Å². The normalized spacial score (nSPS) is 20.4. The summed E-state index contributed by atoms with van der Waals surface area (Å²) in [6.45, 7) is 1.83. The lowest BCUT2D eigenvalue weighted by molar-refractivity contribution is -0.174. The van der Waals surface area contributed by atoms with E-state index in [-0.39, 0.29) is 42.6 Å². The zero-order chi connectivity index (χ0) is 30.2. The van der Waals surface area contributed by atoms with Gasteiger partial charge >= 0.3 is 6.18 Å². The molecule has 226 valence electrons. The van der Waals surface area contributed by atoms with Gasteiger partial charge in [-0.05, 0) is 44.4 Å². The first kappa shape index (κ1) is 30.0. The minimum absolute atomic E-state index is 0.0498. The highest BCUT2D eigenvalue weighted by Crippen LogP contribution is 2.39. The third kappa shape index (κ3) is 6.63. The van der Waals surface area contributed by atoms with E-state index in [4.69, 9.17) is 15.6 Å². The molecule has 2 aliphatic heterocycles. The fourth-order valence-electron chi connectivity index (χ4n) is 5.33. The fourth-order valence-corrected chi connectivity index (χ4v) is 6.37. The Morgan fingerprint density at radius 1 is 1.17 bits per heavy atom. The van der Waals surface area contributed by atoms with Crippen LogP contribution < -0.4 is 5.73 Å².